The molecule has 0 bridgehead atoms. The molecule has 1 aliphatic rings. The molecule has 0 aliphatic carbocycles. The maximum atomic E-state index is 11.4. The molecule has 1 aliphatic heterocycles. The van der Waals surface area contributed by atoms with Crippen molar-refractivity contribution in [2.45, 2.75) is 97.3 Å². The standard InChI is InChI=1S/C30H40N2O3/c1-5-7-8-9-12-23-20-28-27(30(3,4)17-18-35-28)19-24(23)15-16-26-22-31-25(21-32-26)13-10-11-14-29(33)34-6-2/h19-22H,5-14,17-18H2,1-4H3. The smallest absolute Gasteiger partial charge is 0.305 e. The molecular formula is C30H40N2O3. The number of fused-ring (bicyclic) bond motifs is 1. The average molecular weight is 477 g/mol. The van der Waals surface area contributed by atoms with Gasteiger partial charge in [-0.15, -0.1) is 0 Å². The van der Waals surface area contributed by atoms with Gasteiger partial charge in [0.15, 0.2) is 0 Å². The van der Waals surface area contributed by atoms with Crippen LogP contribution in [-0.2, 0) is 27.8 Å². The predicted octanol–water partition coefficient (Wildman–Crippen LogP) is 6.34. The fourth-order valence-electron chi connectivity index (χ4n) is 4.37. The molecule has 35 heavy (non-hydrogen) atoms. The Balaban J connectivity index is 1.70. The number of benzene rings is 1. The third-order valence-electron chi connectivity index (χ3n) is 6.62. The van der Waals surface area contributed by atoms with Crippen molar-refractivity contribution in [3.05, 3.63) is 52.6 Å². The summed E-state index contributed by atoms with van der Waals surface area (Å²) in [6.07, 6.45) is 13.4. The fourth-order valence-corrected chi connectivity index (χ4v) is 4.37. The topological polar surface area (TPSA) is 61.3 Å². The molecule has 0 radical (unpaired) electrons. The van der Waals surface area contributed by atoms with E-state index in [0.29, 0.717) is 18.7 Å². The lowest BCUT2D eigenvalue weighted by Crippen LogP contribution is -2.27. The first-order valence-electron chi connectivity index (χ1n) is 13.2. The minimum Gasteiger partial charge on any atom is -0.493 e. The van der Waals surface area contributed by atoms with Gasteiger partial charge in [-0.3, -0.25) is 9.78 Å². The summed E-state index contributed by atoms with van der Waals surface area (Å²) in [4.78, 5) is 20.5. The molecule has 5 heteroatoms. The number of carbonyl (C=O) groups excluding carboxylic acids is 1. The first-order valence-corrected chi connectivity index (χ1v) is 13.2. The van der Waals surface area contributed by atoms with Crippen LogP contribution in [0.4, 0.5) is 0 Å². The Hall–Kier alpha value is -2.87. The summed E-state index contributed by atoms with van der Waals surface area (Å²) in [5.74, 6) is 7.51. The average Bonchev–Trinajstić information content (AvgIpc) is 2.84. The third kappa shape index (κ3) is 8.09. The van der Waals surface area contributed by atoms with Crippen molar-refractivity contribution < 1.29 is 14.3 Å². The van der Waals surface area contributed by atoms with Crippen LogP contribution < -0.4 is 4.74 Å². The van der Waals surface area contributed by atoms with Crippen molar-refractivity contribution in [3.63, 3.8) is 0 Å². The van der Waals surface area contributed by atoms with Gasteiger partial charge in [0.1, 0.15) is 11.4 Å². The molecule has 1 aromatic heterocycles. The fraction of sp³-hybridized carbons (Fsp3) is 0.567. The van der Waals surface area contributed by atoms with Crippen molar-refractivity contribution in [2.75, 3.05) is 13.2 Å². The molecule has 2 heterocycles. The van der Waals surface area contributed by atoms with E-state index in [2.05, 4.69) is 54.7 Å². The number of carbonyl (C=O) groups is 1. The van der Waals surface area contributed by atoms with E-state index in [1.807, 2.05) is 6.92 Å². The molecule has 0 N–H and O–H groups in total. The molecule has 2 aromatic rings. The summed E-state index contributed by atoms with van der Waals surface area (Å²) in [6.45, 7) is 9.83. The van der Waals surface area contributed by atoms with E-state index in [1.54, 1.807) is 12.4 Å². The van der Waals surface area contributed by atoms with Crippen molar-refractivity contribution in [1.29, 1.82) is 0 Å². The summed E-state index contributed by atoms with van der Waals surface area (Å²) in [5.41, 5.74) is 5.25. The summed E-state index contributed by atoms with van der Waals surface area (Å²) in [6, 6.07) is 4.46. The second-order valence-corrected chi connectivity index (χ2v) is 9.95. The van der Waals surface area contributed by atoms with E-state index < -0.39 is 0 Å². The van der Waals surface area contributed by atoms with Crippen LogP contribution in [0.15, 0.2) is 24.5 Å². The second kappa shape index (κ2) is 13.3. The van der Waals surface area contributed by atoms with Gasteiger partial charge in [0.2, 0.25) is 0 Å². The molecule has 1 aromatic carbocycles. The molecule has 0 saturated heterocycles. The van der Waals surface area contributed by atoms with Crippen molar-refractivity contribution >= 4 is 5.97 Å². The Kier molecular flexibility index (Phi) is 10.1. The quantitative estimate of drug-likeness (QED) is 0.215. The van der Waals surface area contributed by atoms with Gasteiger partial charge in [0.05, 0.1) is 25.1 Å². The Labute approximate surface area is 211 Å². The third-order valence-corrected chi connectivity index (χ3v) is 6.62. The summed E-state index contributed by atoms with van der Waals surface area (Å²) < 4.78 is 11.0. The van der Waals surface area contributed by atoms with Gasteiger partial charge in [-0.1, -0.05) is 46.0 Å². The van der Waals surface area contributed by atoms with Crippen LogP contribution >= 0.6 is 0 Å². The van der Waals surface area contributed by atoms with Crippen LogP contribution in [0.3, 0.4) is 0 Å². The van der Waals surface area contributed by atoms with E-state index in [9.17, 15) is 4.79 Å². The highest BCUT2D eigenvalue weighted by molar-refractivity contribution is 5.69. The number of ether oxygens (including phenoxy) is 2. The largest absolute Gasteiger partial charge is 0.493 e. The predicted molar refractivity (Wildman–Crippen MR) is 140 cm³/mol. The molecule has 188 valence electrons. The first kappa shape index (κ1) is 26.7. The van der Waals surface area contributed by atoms with Crippen molar-refractivity contribution in [3.8, 4) is 17.6 Å². The van der Waals surface area contributed by atoms with Gasteiger partial charge < -0.3 is 9.47 Å². The molecule has 0 unspecified atom stereocenters. The number of aromatic nitrogens is 2. The zero-order valence-corrected chi connectivity index (χ0v) is 21.9. The zero-order chi connectivity index (χ0) is 25.1. The maximum Gasteiger partial charge on any atom is 0.305 e. The Morgan fingerprint density at radius 3 is 2.60 bits per heavy atom. The molecule has 0 atom stereocenters. The van der Waals surface area contributed by atoms with Gasteiger partial charge in [-0.05, 0) is 74.5 Å². The van der Waals surface area contributed by atoms with Gasteiger partial charge in [0.25, 0.3) is 0 Å². The van der Waals surface area contributed by atoms with Crippen LogP contribution in [0.5, 0.6) is 5.75 Å². The summed E-state index contributed by atoms with van der Waals surface area (Å²) >= 11 is 0. The first-order chi connectivity index (χ1) is 16.9. The highest BCUT2D eigenvalue weighted by Gasteiger charge is 2.29. The lowest BCUT2D eigenvalue weighted by atomic mass is 9.78. The molecule has 3 rings (SSSR count). The number of hydrogen-bond acceptors (Lipinski definition) is 5. The number of hydrogen-bond donors (Lipinski definition) is 0. The van der Waals surface area contributed by atoms with Crippen LogP contribution in [0.1, 0.15) is 107 Å². The second-order valence-electron chi connectivity index (χ2n) is 9.95. The Morgan fingerprint density at radius 1 is 1.03 bits per heavy atom. The molecule has 0 spiro atoms. The molecule has 0 saturated carbocycles. The SMILES string of the molecule is CCCCCCc1cc2c(cc1C#Cc1cnc(CCCCC(=O)OCC)cn1)C(C)(C)CCO2. The Morgan fingerprint density at radius 2 is 1.86 bits per heavy atom. The lowest BCUT2D eigenvalue weighted by molar-refractivity contribution is -0.143. The van der Waals surface area contributed by atoms with Gasteiger partial charge in [0, 0.05) is 23.7 Å². The highest BCUT2D eigenvalue weighted by atomic mass is 16.5. The van der Waals surface area contributed by atoms with Gasteiger partial charge in [-0.25, -0.2) is 4.98 Å². The maximum absolute atomic E-state index is 11.4. The zero-order valence-electron chi connectivity index (χ0n) is 21.9. The van der Waals surface area contributed by atoms with E-state index in [4.69, 9.17) is 9.47 Å². The van der Waals surface area contributed by atoms with Gasteiger partial charge in [-0.2, -0.15) is 0 Å². The van der Waals surface area contributed by atoms with Crippen LogP contribution in [0.25, 0.3) is 0 Å². The van der Waals surface area contributed by atoms with Crippen LogP contribution in [0, 0.1) is 11.8 Å². The lowest BCUT2D eigenvalue weighted by Gasteiger charge is -2.33. The molecule has 5 nitrogen and oxygen atoms in total. The van der Waals surface area contributed by atoms with Gasteiger partial charge >= 0.3 is 5.97 Å². The monoisotopic (exact) mass is 476 g/mol. The molecule has 0 fully saturated rings. The minimum absolute atomic E-state index is 0.0828. The number of aryl methyl sites for hydroxylation is 2. The minimum atomic E-state index is -0.133. The highest BCUT2D eigenvalue weighted by Crippen LogP contribution is 2.40. The van der Waals surface area contributed by atoms with Crippen molar-refractivity contribution in [2.24, 2.45) is 0 Å². The summed E-state index contributed by atoms with van der Waals surface area (Å²) in [7, 11) is 0. The van der Waals surface area contributed by atoms with Crippen LogP contribution in [0.2, 0.25) is 0 Å². The number of rotatable bonds is 11. The normalized spacial score (nSPS) is 13.8. The summed E-state index contributed by atoms with van der Waals surface area (Å²) in [5, 5.41) is 0. The van der Waals surface area contributed by atoms with E-state index in [-0.39, 0.29) is 11.4 Å². The molecule has 0 amide bonds. The molecular weight excluding hydrogens is 436 g/mol. The number of nitrogens with zero attached hydrogens (tertiary/aromatic N) is 2. The number of esters is 1. The van der Waals surface area contributed by atoms with Crippen LogP contribution in [-0.4, -0.2) is 29.2 Å². The van der Waals surface area contributed by atoms with E-state index in [1.165, 1.54) is 30.4 Å². The number of unbranched alkanes of at least 4 members (excludes halogenated alkanes) is 4. The van der Waals surface area contributed by atoms with E-state index in [0.717, 1.165) is 62.1 Å². The Bertz CT molecular complexity index is 1030. The van der Waals surface area contributed by atoms with E-state index >= 15 is 0 Å². The van der Waals surface area contributed by atoms with Crippen molar-refractivity contribution in [1.82, 2.24) is 9.97 Å².